The summed E-state index contributed by atoms with van der Waals surface area (Å²) in [5, 5.41) is 11.2. The zero-order valence-electron chi connectivity index (χ0n) is 7.47. The number of halogens is 3. The summed E-state index contributed by atoms with van der Waals surface area (Å²) in [5.74, 6) is -1.43. The van der Waals surface area contributed by atoms with Crippen LogP contribution in [0.25, 0.3) is 0 Å². The first-order valence-corrected chi connectivity index (χ1v) is 4.40. The molecule has 3 nitrogen and oxygen atoms in total. The van der Waals surface area contributed by atoms with E-state index in [2.05, 4.69) is 5.32 Å². The molecule has 14 heavy (non-hydrogen) atoms. The largest absolute Gasteiger partial charge is 0.481 e. The van der Waals surface area contributed by atoms with E-state index in [4.69, 9.17) is 5.11 Å². The molecular weight excluding hydrogens is 199 g/mol. The summed E-state index contributed by atoms with van der Waals surface area (Å²) < 4.78 is 36.1. The van der Waals surface area contributed by atoms with E-state index in [9.17, 15) is 18.0 Å². The molecule has 2 N–H and O–H groups in total. The molecule has 1 saturated heterocycles. The van der Waals surface area contributed by atoms with Gasteiger partial charge < -0.3 is 10.4 Å². The molecule has 2 atom stereocenters. The molecule has 1 rings (SSSR count). The summed E-state index contributed by atoms with van der Waals surface area (Å²) in [6.07, 6.45) is -4.84. The van der Waals surface area contributed by atoms with Gasteiger partial charge in [-0.3, -0.25) is 4.79 Å². The van der Waals surface area contributed by atoms with Crippen molar-refractivity contribution in [2.75, 3.05) is 6.54 Å². The summed E-state index contributed by atoms with van der Waals surface area (Å²) in [6.45, 7) is 0.471. The molecule has 0 radical (unpaired) electrons. The number of carbonyl (C=O) groups is 1. The first kappa shape index (κ1) is 11.3. The summed E-state index contributed by atoms with van der Waals surface area (Å²) in [4.78, 5) is 10.4. The third-order valence-electron chi connectivity index (χ3n) is 2.38. The standard InChI is InChI=1S/C8H12F3NO2/c9-8(10,11)4-6-5(1-2-12-6)3-7(13)14/h5-6,12H,1-4H2,(H,13,14). The molecule has 82 valence electrons. The predicted molar refractivity (Wildman–Crippen MR) is 42.8 cm³/mol. The van der Waals surface area contributed by atoms with Crippen LogP contribution in [-0.2, 0) is 4.79 Å². The highest BCUT2D eigenvalue weighted by atomic mass is 19.4. The Morgan fingerprint density at radius 3 is 2.64 bits per heavy atom. The van der Waals surface area contributed by atoms with Crippen LogP contribution in [0.3, 0.4) is 0 Å². The number of hydrogen-bond donors (Lipinski definition) is 2. The average Bonchev–Trinajstić information content (AvgIpc) is 2.32. The molecule has 0 bridgehead atoms. The zero-order valence-corrected chi connectivity index (χ0v) is 7.47. The summed E-state index contributed by atoms with van der Waals surface area (Å²) in [7, 11) is 0. The van der Waals surface area contributed by atoms with Gasteiger partial charge in [0.1, 0.15) is 0 Å². The lowest BCUT2D eigenvalue weighted by Crippen LogP contribution is -2.33. The van der Waals surface area contributed by atoms with Crippen molar-refractivity contribution < 1.29 is 23.1 Å². The van der Waals surface area contributed by atoms with Gasteiger partial charge in [-0.1, -0.05) is 0 Å². The fourth-order valence-electron chi connectivity index (χ4n) is 1.78. The number of aliphatic carboxylic acids is 1. The smallest absolute Gasteiger partial charge is 0.390 e. The molecular formula is C8H12F3NO2. The third-order valence-corrected chi connectivity index (χ3v) is 2.38. The molecule has 6 heteroatoms. The van der Waals surface area contributed by atoms with Gasteiger partial charge in [-0.2, -0.15) is 13.2 Å². The first-order chi connectivity index (χ1) is 6.38. The number of alkyl halides is 3. The van der Waals surface area contributed by atoms with E-state index < -0.39 is 30.5 Å². The maximum absolute atomic E-state index is 12.0. The van der Waals surface area contributed by atoms with Crippen LogP contribution in [0.4, 0.5) is 13.2 Å². The molecule has 1 heterocycles. The van der Waals surface area contributed by atoms with E-state index in [0.717, 1.165) is 0 Å². The van der Waals surface area contributed by atoms with Gasteiger partial charge in [0, 0.05) is 12.5 Å². The van der Waals surface area contributed by atoms with Crippen LogP contribution >= 0.6 is 0 Å². The van der Waals surface area contributed by atoms with Gasteiger partial charge in [0.2, 0.25) is 0 Å². The van der Waals surface area contributed by atoms with Gasteiger partial charge in [0.15, 0.2) is 0 Å². The normalized spacial score (nSPS) is 27.9. The Morgan fingerprint density at radius 1 is 1.50 bits per heavy atom. The molecule has 0 amide bonds. The molecule has 0 aromatic heterocycles. The Balaban J connectivity index is 2.47. The number of nitrogens with one attached hydrogen (secondary N) is 1. The Labute approximate surface area is 79.3 Å². The van der Waals surface area contributed by atoms with Crippen molar-refractivity contribution in [1.29, 1.82) is 0 Å². The van der Waals surface area contributed by atoms with E-state index in [1.807, 2.05) is 0 Å². The van der Waals surface area contributed by atoms with Crippen molar-refractivity contribution in [2.45, 2.75) is 31.5 Å². The average molecular weight is 211 g/mol. The van der Waals surface area contributed by atoms with Crippen molar-refractivity contribution in [3.05, 3.63) is 0 Å². The van der Waals surface area contributed by atoms with Crippen molar-refractivity contribution in [3.63, 3.8) is 0 Å². The van der Waals surface area contributed by atoms with Crippen molar-refractivity contribution in [1.82, 2.24) is 5.32 Å². The Bertz CT molecular complexity index is 217. The number of rotatable bonds is 3. The van der Waals surface area contributed by atoms with Crippen LogP contribution in [-0.4, -0.2) is 29.8 Å². The van der Waals surface area contributed by atoms with Gasteiger partial charge >= 0.3 is 12.1 Å². The van der Waals surface area contributed by atoms with E-state index in [0.29, 0.717) is 13.0 Å². The Hall–Kier alpha value is -0.780. The van der Waals surface area contributed by atoms with Crippen LogP contribution in [0.15, 0.2) is 0 Å². The van der Waals surface area contributed by atoms with E-state index >= 15 is 0 Å². The maximum Gasteiger partial charge on any atom is 0.390 e. The lowest BCUT2D eigenvalue weighted by molar-refractivity contribution is -0.146. The highest BCUT2D eigenvalue weighted by molar-refractivity contribution is 5.67. The van der Waals surface area contributed by atoms with E-state index in [1.54, 1.807) is 0 Å². The first-order valence-electron chi connectivity index (χ1n) is 4.40. The third kappa shape index (κ3) is 3.53. The van der Waals surface area contributed by atoms with Crippen molar-refractivity contribution >= 4 is 5.97 Å². The molecule has 1 aliphatic heterocycles. The van der Waals surface area contributed by atoms with Crippen LogP contribution < -0.4 is 5.32 Å². The van der Waals surface area contributed by atoms with Gasteiger partial charge in [-0.15, -0.1) is 0 Å². The summed E-state index contributed by atoms with van der Waals surface area (Å²) in [5.41, 5.74) is 0. The molecule has 0 aromatic carbocycles. The van der Waals surface area contributed by atoms with Crippen molar-refractivity contribution in [3.8, 4) is 0 Å². The second kappa shape index (κ2) is 4.16. The summed E-state index contributed by atoms with van der Waals surface area (Å²) >= 11 is 0. The molecule has 2 unspecified atom stereocenters. The van der Waals surface area contributed by atoms with E-state index in [-0.39, 0.29) is 6.42 Å². The number of hydrogen-bond acceptors (Lipinski definition) is 2. The SMILES string of the molecule is O=C(O)CC1CCNC1CC(F)(F)F. The van der Waals surface area contributed by atoms with E-state index in [1.165, 1.54) is 0 Å². The topological polar surface area (TPSA) is 49.3 Å². The Morgan fingerprint density at radius 2 is 2.14 bits per heavy atom. The fraction of sp³-hybridized carbons (Fsp3) is 0.875. The Kier molecular flexibility index (Phi) is 3.36. The minimum Gasteiger partial charge on any atom is -0.481 e. The molecule has 1 fully saturated rings. The second-order valence-electron chi connectivity index (χ2n) is 3.53. The van der Waals surface area contributed by atoms with Gasteiger partial charge in [-0.05, 0) is 18.9 Å². The quantitative estimate of drug-likeness (QED) is 0.741. The van der Waals surface area contributed by atoms with Crippen LogP contribution in [0, 0.1) is 5.92 Å². The van der Waals surface area contributed by atoms with Crippen LogP contribution in [0.5, 0.6) is 0 Å². The molecule has 1 aliphatic rings. The lowest BCUT2D eigenvalue weighted by Gasteiger charge is -2.19. The predicted octanol–water partition coefficient (Wildman–Crippen LogP) is 1.39. The highest BCUT2D eigenvalue weighted by Crippen LogP contribution is 2.29. The minimum absolute atomic E-state index is 0.187. The molecule has 0 saturated carbocycles. The van der Waals surface area contributed by atoms with Crippen LogP contribution in [0.2, 0.25) is 0 Å². The van der Waals surface area contributed by atoms with Crippen LogP contribution in [0.1, 0.15) is 19.3 Å². The van der Waals surface area contributed by atoms with Crippen molar-refractivity contribution in [2.24, 2.45) is 5.92 Å². The zero-order chi connectivity index (χ0) is 10.8. The second-order valence-corrected chi connectivity index (χ2v) is 3.53. The monoisotopic (exact) mass is 211 g/mol. The molecule has 0 spiro atoms. The lowest BCUT2D eigenvalue weighted by atomic mass is 9.94. The highest BCUT2D eigenvalue weighted by Gasteiger charge is 2.38. The van der Waals surface area contributed by atoms with Gasteiger partial charge in [0.25, 0.3) is 0 Å². The van der Waals surface area contributed by atoms with Gasteiger partial charge in [-0.25, -0.2) is 0 Å². The molecule has 0 aromatic rings. The fourth-order valence-corrected chi connectivity index (χ4v) is 1.78. The number of carboxylic acids is 1. The van der Waals surface area contributed by atoms with Gasteiger partial charge in [0.05, 0.1) is 6.42 Å². The molecule has 0 aliphatic carbocycles. The maximum atomic E-state index is 12.0. The number of carboxylic acid groups (broad SMARTS) is 1. The minimum atomic E-state index is -4.22. The summed E-state index contributed by atoms with van der Waals surface area (Å²) in [6, 6.07) is -0.730.